The zero-order valence-electron chi connectivity index (χ0n) is 17.6. The van der Waals surface area contributed by atoms with Gasteiger partial charge in [0.25, 0.3) is 0 Å². The highest BCUT2D eigenvalue weighted by Gasteiger charge is 2.33. The number of hydrogen-bond acceptors (Lipinski definition) is 6. The van der Waals surface area contributed by atoms with Crippen LogP contribution in [0.2, 0.25) is 0 Å². The van der Waals surface area contributed by atoms with Gasteiger partial charge in [0, 0.05) is 0 Å². The molecular weight excluding hydrogens is 370 g/mol. The summed E-state index contributed by atoms with van der Waals surface area (Å²) in [6, 6.07) is 3.20. The lowest BCUT2D eigenvalue weighted by molar-refractivity contribution is 0.0983. The first-order chi connectivity index (χ1) is 14.1. The number of rotatable bonds is 12. The van der Waals surface area contributed by atoms with E-state index in [1.807, 2.05) is 0 Å². The van der Waals surface area contributed by atoms with Crippen molar-refractivity contribution in [3.05, 3.63) is 34.9 Å². The minimum Gasteiger partial charge on any atom is -0.496 e. The highest BCUT2D eigenvalue weighted by atomic mass is 16.5. The first-order valence-corrected chi connectivity index (χ1v) is 10.4. The Bertz CT molecular complexity index is 795. The molecule has 0 unspecified atom stereocenters. The second-order valence-electron chi connectivity index (χ2n) is 7.24. The summed E-state index contributed by atoms with van der Waals surface area (Å²) in [5.74, 6) is -0.126. The van der Waals surface area contributed by atoms with Gasteiger partial charge < -0.3 is 14.7 Å². The molecule has 29 heavy (non-hydrogen) atoms. The summed E-state index contributed by atoms with van der Waals surface area (Å²) >= 11 is 0. The number of Topliss-reactive ketones (excluding diaryl/α,β-unsaturated/α-hetero) is 1. The zero-order chi connectivity index (χ0) is 21.2. The molecule has 0 aromatic heterocycles. The number of benzene rings is 1. The Hall–Kier alpha value is -2.63. The smallest absolute Gasteiger partial charge is 0.199 e. The predicted octanol–water partition coefficient (Wildman–Crippen LogP) is 5.37. The Morgan fingerprint density at radius 2 is 1.45 bits per heavy atom. The highest BCUT2D eigenvalue weighted by Crippen LogP contribution is 2.36. The van der Waals surface area contributed by atoms with E-state index in [9.17, 15) is 14.8 Å². The third-order valence-corrected chi connectivity index (χ3v) is 5.26. The van der Waals surface area contributed by atoms with Crippen LogP contribution in [0.5, 0.6) is 11.5 Å². The van der Waals surface area contributed by atoms with Crippen LogP contribution >= 0.6 is 0 Å². The van der Waals surface area contributed by atoms with Crippen LogP contribution in [0.3, 0.4) is 0 Å². The van der Waals surface area contributed by atoms with E-state index in [0.717, 1.165) is 19.3 Å². The Balaban J connectivity index is 2.07. The normalized spacial score (nSPS) is 13.9. The second kappa shape index (κ2) is 11.4. The number of methoxy groups -OCH3 is 2. The molecule has 1 N–H and O–H groups in total. The number of hydrogen-bond donors (Lipinski definition) is 1. The topological polar surface area (TPSA) is 85.2 Å². The molecule has 0 saturated carbocycles. The number of nitrogens with zero attached hydrogens (tertiary/aromatic N) is 1. The van der Waals surface area contributed by atoms with E-state index in [4.69, 9.17) is 9.47 Å². The van der Waals surface area contributed by atoms with Gasteiger partial charge in [0.15, 0.2) is 11.6 Å². The molecule has 0 bridgehead atoms. The molecule has 0 spiro atoms. The van der Waals surface area contributed by atoms with Gasteiger partial charge >= 0.3 is 0 Å². The summed E-state index contributed by atoms with van der Waals surface area (Å²) in [6.07, 6.45) is 10.8. The van der Waals surface area contributed by atoms with Crippen molar-refractivity contribution in [1.82, 2.24) is 0 Å². The van der Waals surface area contributed by atoms with Gasteiger partial charge in [-0.15, -0.1) is 0 Å². The molecule has 1 aliphatic rings. The number of fused-ring (bicyclic) bond motifs is 1. The molecule has 0 amide bonds. The average molecular weight is 402 g/mol. The lowest BCUT2D eigenvalue weighted by atomic mass is 9.85. The van der Waals surface area contributed by atoms with E-state index in [-0.39, 0.29) is 34.0 Å². The number of ketones is 2. The Kier molecular flexibility index (Phi) is 8.90. The number of unbranched alkanes of at least 4 members (excludes halogenated alkanes) is 7. The second-order valence-corrected chi connectivity index (χ2v) is 7.24. The maximum absolute atomic E-state index is 13.1. The maximum Gasteiger partial charge on any atom is 0.199 e. The van der Waals surface area contributed by atoms with Gasteiger partial charge in [-0.1, -0.05) is 57.0 Å². The van der Waals surface area contributed by atoms with Gasteiger partial charge in [0.05, 0.1) is 36.6 Å². The van der Waals surface area contributed by atoms with Crippen LogP contribution in [0, 0.1) is 0 Å². The Morgan fingerprint density at radius 3 is 2.00 bits per heavy atom. The van der Waals surface area contributed by atoms with Crippen molar-refractivity contribution < 1.29 is 24.3 Å². The molecule has 158 valence electrons. The summed E-state index contributed by atoms with van der Waals surface area (Å²) in [5, 5.41) is 12.8. The van der Waals surface area contributed by atoms with Gasteiger partial charge in [-0.2, -0.15) is 0 Å². The van der Waals surface area contributed by atoms with Crippen LogP contribution in [0.4, 0.5) is 0 Å². The van der Waals surface area contributed by atoms with Crippen molar-refractivity contribution in [3.8, 4) is 11.5 Å². The van der Waals surface area contributed by atoms with E-state index >= 15 is 0 Å². The van der Waals surface area contributed by atoms with Crippen LogP contribution < -0.4 is 9.47 Å². The van der Waals surface area contributed by atoms with Crippen molar-refractivity contribution in [2.45, 2.75) is 64.7 Å². The summed E-state index contributed by atoms with van der Waals surface area (Å²) < 4.78 is 10.5. The van der Waals surface area contributed by atoms with Gasteiger partial charge in [-0.25, -0.2) is 0 Å². The summed E-state index contributed by atoms with van der Waals surface area (Å²) in [4.78, 5) is 25.8. The zero-order valence-corrected chi connectivity index (χ0v) is 17.6. The summed E-state index contributed by atoms with van der Waals surface area (Å²) in [7, 11) is 2.89. The number of ether oxygens (including phenoxy) is 2. The van der Waals surface area contributed by atoms with Gasteiger partial charge in [-0.05, 0) is 31.1 Å². The van der Waals surface area contributed by atoms with E-state index in [0.29, 0.717) is 17.9 Å². The van der Waals surface area contributed by atoms with E-state index < -0.39 is 0 Å². The van der Waals surface area contributed by atoms with Gasteiger partial charge in [0.2, 0.25) is 0 Å². The lowest BCUT2D eigenvalue weighted by Crippen LogP contribution is -2.23. The third kappa shape index (κ3) is 5.46. The van der Waals surface area contributed by atoms with E-state index in [2.05, 4.69) is 12.1 Å². The quantitative estimate of drug-likeness (QED) is 0.220. The molecule has 1 aliphatic carbocycles. The van der Waals surface area contributed by atoms with Crippen LogP contribution in [-0.4, -0.2) is 36.7 Å². The molecule has 1 aromatic carbocycles. The van der Waals surface area contributed by atoms with Gasteiger partial charge in [0.1, 0.15) is 11.5 Å². The minimum absolute atomic E-state index is 0.125. The molecule has 6 heteroatoms. The summed E-state index contributed by atoms with van der Waals surface area (Å²) in [6.45, 7) is 2.20. The summed E-state index contributed by atoms with van der Waals surface area (Å²) in [5.41, 5.74) is 0.709. The Labute approximate surface area is 172 Å². The molecular formula is C23H31NO5. The maximum atomic E-state index is 13.1. The molecule has 6 nitrogen and oxygen atoms in total. The van der Waals surface area contributed by atoms with E-state index in [1.54, 1.807) is 12.1 Å². The molecule has 0 fully saturated rings. The molecule has 0 saturated heterocycles. The van der Waals surface area contributed by atoms with Crippen LogP contribution in [0.25, 0.3) is 0 Å². The standard InChI is InChI=1S/C23H31NO5/c1-4-5-6-7-8-9-10-11-12-17(24-27)16-15-18(25)21-19(28-2)13-14-20(29-3)22(21)23(16)26/h13-15,27H,4-12H2,1-3H3/b24-17-. The van der Waals surface area contributed by atoms with Gasteiger partial charge in [-0.3, -0.25) is 9.59 Å². The fourth-order valence-electron chi connectivity index (χ4n) is 3.66. The molecule has 0 atom stereocenters. The fraction of sp³-hybridized carbons (Fsp3) is 0.522. The molecule has 2 rings (SSSR count). The van der Waals surface area contributed by atoms with Crippen LogP contribution in [0.1, 0.15) is 85.4 Å². The molecule has 0 heterocycles. The van der Waals surface area contributed by atoms with Crippen molar-refractivity contribution in [2.75, 3.05) is 14.2 Å². The SMILES string of the molecule is CCCCCCCCCC/C(=N/O)C1=CC(=O)c2c(OC)ccc(OC)c2C1=O. The average Bonchev–Trinajstić information content (AvgIpc) is 2.74. The number of carbonyl (C=O) groups excluding carboxylic acids is 2. The number of carbonyl (C=O) groups is 2. The Morgan fingerprint density at radius 1 is 0.897 bits per heavy atom. The first-order valence-electron chi connectivity index (χ1n) is 10.4. The molecule has 0 aliphatic heterocycles. The largest absolute Gasteiger partial charge is 0.496 e. The third-order valence-electron chi connectivity index (χ3n) is 5.26. The highest BCUT2D eigenvalue weighted by molar-refractivity contribution is 6.37. The van der Waals surface area contributed by atoms with Crippen molar-refractivity contribution in [2.24, 2.45) is 5.16 Å². The predicted molar refractivity (Wildman–Crippen MR) is 113 cm³/mol. The van der Waals surface area contributed by atoms with Crippen molar-refractivity contribution in [3.63, 3.8) is 0 Å². The van der Waals surface area contributed by atoms with Crippen LogP contribution in [-0.2, 0) is 0 Å². The number of oxime groups is 1. The van der Waals surface area contributed by atoms with Crippen LogP contribution in [0.15, 0.2) is 28.9 Å². The molecule has 0 radical (unpaired) electrons. The van der Waals surface area contributed by atoms with Crippen molar-refractivity contribution >= 4 is 17.3 Å². The van der Waals surface area contributed by atoms with Crippen molar-refractivity contribution in [1.29, 1.82) is 0 Å². The fourth-order valence-corrected chi connectivity index (χ4v) is 3.66. The molecule has 1 aromatic rings. The monoisotopic (exact) mass is 401 g/mol. The lowest BCUT2D eigenvalue weighted by Gasteiger charge is -2.20. The van der Waals surface area contributed by atoms with E-state index in [1.165, 1.54) is 52.4 Å². The number of allylic oxidation sites excluding steroid dienone is 2. The first kappa shape index (κ1) is 22.7. The minimum atomic E-state index is -0.386.